The molecule has 0 spiro atoms. The van der Waals surface area contributed by atoms with Crippen molar-refractivity contribution in [2.75, 3.05) is 18.6 Å². The van der Waals surface area contributed by atoms with Crippen LogP contribution in [-0.2, 0) is 4.74 Å². The van der Waals surface area contributed by atoms with Crippen molar-refractivity contribution in [3.8, 4) is 0 Å². The number of carbonyl (C=O) groups is 2. The van der Waals surface area contributed by atoms with Crippen LogP contribution >= 0.6 is 11.8 Å². The number of hydrogen-bond acceptors (Lipinski definition) is 6. The van der Waals surface area contributed by atoms with E-state index in [2.05, 4.69) is 0 Å². The largest absolute Gasteiger partial charge is 0.462 e. The molecule has 0 atom stereocenters. The summed E-state index contributed by atoms with van der Waals surface area (Å²) < 4.78 is 6.41. The van der Waals surface area contributed by atoms with Crippen molar-refractivity contribution in [2.24, 2.45) is 11.5 Å². The second-order valence-electron chi connectivity index (χ2n) is 5.27. The number of benzene rings is 1. The molecule has 2 rings (SSSR count). The zero-order valence-electron chi connectivity index (χ0n) is 13.2. The van der Waals surface area contributed by atoms with Gasteiger partial charge in [-0.3, -0.25) is 9.36 Å². The van der Waals surface area contributed by atoms with Crippen LogP contribution in [0.15, 0.2) is 30.5 Å². The van der Waals surface area contributed by atoms with Crippen LogP contribution in [0.5, 0.6) is 0 Å². The molecule has 0 saturated heterocycles. The van der Waals surface area contributed by atoms with Gasteiger partial charge in [0.2, 0.25) is 0 Å². The smallest absolute Gasteiger partial charge is 0.338 e. The summed E-state index contributed by atoms with van der Waals surface area (Å²) in [4.78, 5) is 24.3. The maximum Gasteiger partial charge on any atom is 0.338 e. The minimum absolute atomic E-state index is 0.314. The minimum Gasteiger partial charge on any atom is -0.462 e. The predicted molar refractivity (Wildman–Crippen MR) is 92.6 cm³/mol. The number of ether oxygens (including phenoxy) is 1. The molecule has 0 aliphatic heterocycles. The summed E-state index contributed by atoms with van der Waals surface area (Å²) >= 11 is 1.58. The van der Waals surface area contributed by atoms with Gasteiger partial charge < -0.3 is 16.2 Å². The molecule has 0 fully saturated rings. The maximum atomic E-state index is 12.6. The highest BCUT2D eigenvalue weighted by molar-refractivity contribution is 7.98. The molecule has 7 heteroatoms. The lowest BCUT2D eigenvalue weighted by atomic mass is 10.1. The van der Waals surface area contributed by atoms with Crippen LogP contribution in [0.4, 0.5) is 0 Å². The Bertz CT molecular complexity index is 724. The molecular weight excluding hydrogens is 314 g/mol. The summed E-state index contributed by atoms with van der Waals surface area (Å²) in [6, 6.07) is 6.76. The first-order valence-corrected chi connectivity index (χ1v) is 8.70. The van der Waals surface area contributed by atoms with Crippen molar-refractivity contribution in [2.45, 2.75) is 19.0 Å². The molecular formula is C16H21N3O3S. The Labute approximate surface area is 139 Å². The van der Waals surface area contributed by atoms with Crippen LogP contribution < -0.4 is 11.5 Å². The maximum absolute atomic E-state index is 12.6. The van der Waals surface area contributed by atoms with Crippen molar-refractivity contribution < 1.29 is 14.3 Å². The molecule has 2 aromatic rings. The lowest BCUT2D eigenvalue weighted by Gasteiger charge is -2.23. The highest BCUT2D eigenvalue weighted by Gasteiger charge is 2.30. The predicted octanol–water partition coefficient (Wildman–Crippen LogP) is 1.82. The van der Waals surface area contributed by atoms with Gasteiger partial charge in [-0.25, -0.2) is 4.79 Å². The molecule has 6 nitrogen and oxygen atoms in total. The average Bonchev–Trinajstić information content (AvgIpc) is 2.95. The summed E-state index contributed by atoms with van der Waals surface area (Å²) in [7, 11) is 0. The molecule has 0 amide bonds. The number of esters is 1. The lowest BCUT2D eigenvalue weighted by molar-refractivity contribution is 0.0526. The summed E-state index contributed by atoms with van der Waals surface area (Å²) in [6.45, 7) is 2.07. The molecule has 1 heterocycles. The number of rotatable bonds is 6. The van der Waals surface area contributed by atoms with E-state index in [4.69, 9.17) is 16.2 Å². The van der Waals surface area contributed by atoms with Crippen LogP contribution in [0.25, 0.3) is 10.9 Å². The van der Waals surface area contributed by atoms with E-state index in [-0.39, 0.29) is 11.9 Å². The van der Waals surface area contributed by atoms with Gasteiger partial charge in [0.15, 0.2) is 0 Å². The van der Waals surface area contributed by atoms with Crippen LogP contribution in [-0.4, -0.2) is 40.7 Å². The van der Waals surface area contributed by atoms with Gasteiger partial charge in [0.1, 0.15) is 5.66 Å². The van der Waals surface area contributed by atoms with E-state index in [0.29, 0.717) is 29.9 Å². The lowest BCUT2D eigenvalue weighted by Crippen LogP contribution is -2.58. The molecule has 124 valence electrons. The molecule has 0 aliphatic carbocycles. The van der Waals surface area contributed by atoms with E-state index in [9.17, 15) is 9.59 Å². The van der Waals surface area contributed by atoms with E-state index in [1.165, 1.54) is 4.57 Å². The Morgan fingerprint density at radius 1 is 1.30 bits per heavy atom. The number of fused-ring (bicyclic) bond motifs is 1. The molecule has 0 radical (unpaired) electrons. The summed E-state index contributed by atoms with van der Waals surface area (Å²) in [5, 5.41) is 0.754. The van der Waals surface area contributed by atoms with Gasteiger partial charge in [-0.2, -0.15) is 11.8 Å². The van der Waals surface area contributed by atoms with Gasteiger partial charge in [-0.05, 0) is 49.6 Å². The normalized spacial score (nSPS) is 11.7. The summed E-state index contributed by atoms with van der Waals surface area (Å²) in [5.41, 5.74) is 11.6. The third kappa shape index (κ3) is 3.74. The van der Waals surface area contributed by atoms with Crippen molar-refractivity contribution in [3.63, 3.8) is 0 Å². The first-order chi connectivity index (χ1) is 10.9. The highest BCUT2D eigenvalue weighted by atomic mass is 32.2. The first-order valence-electron chi connectivity index (χ1n) is 7.30. The number of nitrogens with zero attached hydrogens (tertiary/aromatic N) is 1. The molecule has 0 saturated carbocycles. The highest BCUT2D eigenvalue weighted by Crippen LogP contribution is 2.20. The van der Waals surface area contributed by atoms with Crippen molar-refractivity contribution in [1.29, 1.82) is 0 Å². The zero-order valence-corrected chi connectivity index (χ0v) is 14.1. The zero-order chi connectivity index (χ0) is 17.0. The Hall–Kier alpha value is -1.83. The molecule has 0 aliphatic rings. The molecule has 1 aromatic carbocycles. The molecule has 1 aromatic heterocycles. The Kier molecular flexibility index (Phi) is 5.46. The van der Waals surface area contributed by atoms with Gasteiger partial charge in [0.05, 0.1) is 17.7 Å². The quantitative estimate of drug-likeness (QED) is 0.617. The third-order valence-corrected chi connectivity index (χ3v) is 4.15. The van der Waals surface area contributed by atoms with Gasteiger partial charge in [0.25, 0.3) is 5.91 Å². The fraction of sp³-hybridized carbons (Fsp3) is 0.375. The van der Waals surface area contributed by atoms with Crippen molar-refractivity contribution in [3.05, 3.63) is 36.0 Å². The number of carbonyl (C=O) groups excluding carboxylic acids is 2. The number of thioether (sulfide) groups is 1. The topological polar surface area (TPSA) is 100 Å². The average molecular weight is 335 g/mol. The van der Waals surface area contributed by atoms with Crippen LogP contribution in [0, 0.1) is 0 Å². The van der Waals surface area contributed by atoms with Crippen LogP contribution in [0.2, 0.25) is 0 Å². The van der Waals surface area contributed by atoms with E-state index in [0.717, 1.165) is 5.39 Å². The van der Waals surface area contributed by atoms with Crippen LogP contribution in [0.1, 0.15) is 28.5 Å². The number of nitrogens with two attached hydrogens (primary N) is 2. The van der Waals surface area contributed by atoms with Gasteiger partial charge in [-0.15, -0.1) is 0 Å². The van der Waals surface area contributed by atoms with Crippen LogP contribution in [0.3, 0.4) is 0 Å². The van der Waals surface area contributed by atoms with Crippen molar-refractivity contribution in [1.82, 2.24) is 4.57 Å². The minimum atomic E-state index is -1.42. The molecule has 23 heavy (non-hydrogen) atoms. The first kappa shape index (κ1) is 17.5. The fourth-order valence-electron chi connectivity index (χ4n) is 2.26. The summed E-state index contributed by atoms with van der Waals surface area (Å²) in [5.74, 6) is -0.0591. The van der Waals surface area contributed by atoms with Crippen molar-refractivity contribution >= 4 is 34.5 Å². The Balaban J connectivity index is 2.33. The monoisotopic (exact) mass is 335 g/mol. The number of aromatic nitrogens is 1. The molecule has 0 unspecified atom stereocenters. The third-order valence-electron chi connectivity index (χ3n) is 3.54. The number of hydrogen-bond donors (Lipinski definition) is 2. The fourth-order valence-corrected chi connectivity index (χ4v) is 2.81. The van der Waals surface area contributed by atoms with E-state index in [1.54, 1.807) is 49.1 Å². The molecule has 0 bridgehead atoms. The van der Waals surface area contributed by atoms with Gasteiger partial charge in [-0.1, -0.05) is 0 Å². The molecule has 4 N–H and O–H groups in total. The van der Waals surface area contributed by atoms with E-state index >= 15 is 0 Å². The Morgan fingerprint density at radius 3 is 2.70 bits per heavy atom. The summed E-state index contributed by atoms with van der Waals surface area (Å²) in [6.07, 6.45) is 3.94. The second-order valence-corrected chi connectivity index (χ2v) is 6.25. The van der Waals surface area contributed by atoms with E-state index in [1.807, 2.05) is 6.26 Å². The van der Waals surface area contributed by atoms with Gasteiger partial charge in [0, 0.05) is 11.6 Å². The standard InChI is InChI=1S/C16H21N3O3S/c1-3-22-14(20)12-4-5-13-11(10-12)6-8-19(13)15(21)16(17,18)7-9-23-2/h4-6,8,10H,3,7,9,17-18H2,1-2H3. The van der Waals surface area contributed by atoms with E-state index < -0.39 is 5.66 Å². The SMILES string of the molecule is CCOC(=O)c1ccc2c(ccn2C(=O)C(N)(N)CCSC)c1. The second kappa shape index (κ2) is 7.16. The Morgan fingerprint density at radius 2 is 2.04 bits per heavy atom. The van der Waals surface area contributed by atoms with Gasteiger partial charge >= 0.3 is 5.97 Å².